The summed E-state index contributed by atoms with van der Waals surface area (Å²) in [5, 5.41) is 31.0. The SMILES string of the molecule is C/C(=C/C(OC(O)(O)c1ncc(F)cc1F)=C(\C)Cl)N(C=O)c1cc(-n2cccc(C(C)(C)O)c2=O)ncc1C. The second kappa shape index (κ2) is 11.6. The minimum absolute atomic E-state index is 0.109. The van der Waals surface area contributed by atoms with Gasteiger partial charge in [0, 0.05) is 41.9 Å². The Bertz CT molecular complexity index is 1560. The van der Waals surface area contributed by atoms with Crippen molar-refractivity contribution in [1.82, 2.24) is 14.5 Å². The van der Waals surface area contributed by atoms with Gasteiger partial charge in [-0.05, 0) is 52.3 Å². The molecule has 0 bridgehead atoms. The Morgan fingerprint density at radius 1 is 1.15 bits per heavy atom. The number of carbonyl (C=O) groups is 1. The molecule has 0 fully saturated rings. The number of hydrogen-bond acceptors (Lipinski definition) is 8. The first kappa shape index (κ1) is 30.6. The van der Waals surface area contributed by atoms with Gasteiger partial charge >= 0.3 is 5.97 Å². The monoisotopic (exact) mass is 576 g/mol. The van der Waals surface area contributed by atoms with Crippen molar-refractivity contribution in [2.45, 2.75) is 46.2 Å². The minimum atomic E-state index is -3.35. The minimum Gasteiger partial charge on any atom is -0.433 e. The van der Waals surface area contributed by atoms with Crippen LogP contribution in [-0.2, 0) is 21.1 Å². The summed E-state index contributed by atoms with van der Waals surface area (Å²) in [6, 6.07) is 4.93. The summed E-state index contributed by atoms with van der Waals surface area (Å²) in [5.74, 6) is -5.99. The molecule has 0 saturated carbocycles. The van der Waals surface area contributed by atoms with E-state index in [9.17, 15) is 33.7 Å². The molecule has 0 saturated heterocycles. The van der Waals surface area contributed by atoms with E-state index in [1.54, 1.807) is 13.0 Å². The molecule has 0 aliphatic carbocycles. The summed E-state index contributed by atoms with van der Waals surface area (Å²) >= 11 is 6.08. The molecule has 0 aliphatic rings. The van der Waals surface area contributed by atoms with Crippen LogP contribution < -0.4 is 10.5 Å². The number of rotatable bonds is 9. The Morgan fingerprint density at radius 3 is 2.40 bits per heavy atom. The third-order valence-electron chi connectivity index (χ3n) is 5.71. The lowest BCUT2D eigenvalue weighted by Gasteiger charge is -2.25. The molecule has 3 rings (SSSR count). The summed E-state index contributed by atoms with van der Waals surface area (Å²) in [4.78, 5) is 34.0. The van der Waals surface area contributed by atoms with Gasteiger partial charge in [0.25, 0.3) is 5.56 Å². The lowest BCUT2D eigenvalue weighted by molar-refractivity contribution is -0.334. The molecule has 1 amide bonds. The second-order valence-corrected chi connectivity index (χ2v) is 9.91. The van der Waals surface area contributed by atoms with Crippen LogP contribution in [0.3, 0.4) is 0 Å². The van der Waals surface area contributed by atoms with Gasteiger partial charge < -0.3 is 20.1 Å². The third-order valence-corrected chi connectivity index (χ3v) is 5.89. The van der Waals surface area contributed by atoms with Gasteiger partial charge in [-0.15, -0.1) is 0 Å². The molecular weight excluding hydrogens is 550 g/mol. The molecule has 40 heavy (non-hydrogen) atoms. The van der Waals surface area contributed by atoms with Crippen molar-refractivity contribution in [3.8, 4) is 5.82 Å². The molecule has 0 radical (unpaired) electrons. The first-order valence-corrected chi connectivity index (χ1v) is 12.1. The number of allylic oxidation sites excluding steroid dienone is 3. The number of halogens is 3. The smallest absolute Gasteiger partial charge is 0.372 e. The number of hydrogen-bond donors (Lipinski definition) is 3. The topological polar surface area (TPSA) is 138 Å². The van der Waals surface area contributed by atoms with Gasteiger partial charge in [0.1, 0.15) is 17.4 Å². The molecule has 3 aromatic rings. The van der Waals surface area contributed by atoms with Gasteiger partial charge in [-0.2, -0.15) is 0 Å². The highest BCUT2D eigenvalue weighted by Gasteiger charge is 2.35. The molecule has 3 aromatic heterocycles. The molecule has 0 atom stereocenters. The zero-order valence-electron chi connectivity index (χ0n) is 22.2. The molecule has 10 nitrogen and oxygen atoms in total. The lowest BCUT2D eigenvalue weighted by Crippen LogP contribution is -2.31. The molecule has 13 heteroatoms. The Balaban J connectivity index is 2.04. The Morgan fingerprint density at radius 2 is 1.82 bits per heavy atom. The fraction of sp³-hybridized carbons (Fsp3) is 0.259. The molecule has 0 unspecified atom stereocenters. The van der Waals surface area contributed by atoms with E-state index in [2.05, 4.69) is 9.97 Å². The standard InChI is InChI=1S/C27H27ClF2N4O6/c1-15-12-31-23(33-8-6-7-19(25(33)36)26(4,5)37)11-21(15)34(14-35)16(2)9-22(17(3)28)40-27(38,39)24-20(30)10-18(29)13-32-24/h6-14,37-39H,1-5H3/b16-9-,22-17-. The van der Waals surface area contributed by atoms with Crippen LogP contribution >= 0.6 is 11.6 Å². The fourth-order valence-electron chi connectivity index (χ4n) is 3.68. The second-order valence-electron chi connectivity index (χ2n) is 9.34. The third kappa shape index (κ3) is 6.59. The summed E-state index contributed by atoms with van der Waals surface area (Å²) in [6.45, 7) is 7.44. The molecule has 0 aliphatic heterocycles. The quantitative estimate of drug-likeness (QED) is 0.152. The number of aryl methyl sites for hydroxylation is 1. The van der Waals surface area contributed by atoms with Crippen LogP contribution in [0, 0.1) is 18.6 Å². The first-order valence-electron chi connectivity index (χ1n) is 11.7. The number of carbonyl (C=O) groups excluding carboxylic acids is 1. The number of nitrogens with zero attached hydrogens (tertiary/aromatic N) is 4. The van der Waals surface area contributed by atoms with Crippen LogP contribution in [0.15, 0.2) is 70.2 Å². The number of aliphatic hydroxyl groups is 3. The van der Waals surface area contributed by atoms with Crippen molar-refractivity contribution in [2.75, 3.05) is 4.90 Å². The molecule has 0 spiro atoms. The van der Waals surface area contributed by atoms with Gasteiger partial charge in [0.15, 0.2) is 11.5 Å². The van der Waals surface area contributed by atoms with Crippen LogP contribution in [0.2, 0.25) is 0 Å². The van der Waals surface area contributed by atoms with Crippen molar-refractivity contribution in [2.24, 2.45) is 0 Å². The van der Waals surface area contributed by atoms with Crippen molar-refractivity contribution < 1.29 is 33.6 Å². The van der Waals surface area contributed by atoms with Gasteiger partial charge in [-0.25, -0.2) is 18.7 Å². The maximum absolute atomic E-state index is 14.1. The average Bonchev–Trinajstić information content (AvgIpc) is 2.84. The largest absolute Gasteiger partial charge is 0.433 e. The summed E-state index contributed by atoms with van der Waals surface area (Å²) < 4.78 is 33.7. The van der Waals surface area contributed by atoms with Gasteiger partial charge in [-0.3, -0.25) is 19.1 Å². The number of pyridine rings is 3. The van der Waals surface area contributed by atoms with E-state index in [1.807, 2.05) is 0 Å². The Kier molecular flexibility index (Phi) is 8.90. The van der Waals surface area contributed by atoms with Gasteiger partial charge in [0.05, 0.1) is 22.5 Å². The van der Waals surface area contributed by atoms with Gasteiger partial charge in [0.2, 0.25) is 6.41 Å². The van der Waals surface area contributed by atoms with Crippen LogP contribution in [-0.4, -0.2) is 36.3 Å². The molecular formula is C27H27ClF2N4O6. The van der Waals surface area contributed by atoms with Crippen molar-refractivity contribution in [3.63, 3.8) is 0 Å². The van der Waals surface area contributed by atoms with E-state index < -0.39 is 34.5 Å². The molecule has 212 valence electrons. The number of aromatic nitrogens is 3. The van der Waals surface area contributed by atoms with E-state index >= 15 is 0 Å². The molecule has 3 N–H and O–H groups in total. The number of anilines is 1. The summed E-state index contributed by atoms with van der Waals surface area (Å²) in [7, 11) is 0. The number of ether oxygens (including phenoxy) is 1. The predicted molar refractivity (Wildman–Crippen MR) is 142 cm³/mol. The highest BCUT2D eigenvalue weighted by atomic mass is 35.5. The highest BCUT2D eigenvalue weighted by molar-refractivity contribution is 6.29. The van der Waals surface area contributed by atoms with Crippen molar-refractivity contribution in [1.29, 1.82) is 0 Å². The Labute approximate surface area is 233 Å². The van der Waals surface area contributed by atoms with E-state index in [0.717, 1.165) is 4.90 Å². The maximum atomic E-state index is 14.1. The molecule has 0 aromatic carbocycles. The van der Waals surface area contributed by atoms with E-state index in [1.165, 1.54) is 62.9 Å². The average molecular weight is 577 g/mol. The molecule has 3 heterocycles. The van der Waals surface area contributed by atoms with Crippen LogP contribution in [0.5, 0.6) is 0 Å². The predicted octanol–water partition coefficient (Wildman–Crippen LogP) is 3.59. The summed E-state index contributed by atoms with van der Waals surface area (Å²) in [5.41, 5.74) is -1.82. The Hall–Kier alpha value is -3.97. The van der Waals surface area contributed by atoms with Gasteiger partial charge in [-0.1, -0.05) is 11.6 Å². The lowest BCUT2D eigenvalue weighted by atomic mass is 10.0. The summed E-state index contributed by atoms with van der Waals surface area (Å²) in [6.07, 6.45) is 5.11. The fourth-order valence-corrected chi connectivity index (χ4v) is 3.77. The van der Waals surface area contributed by atoms with E-state index in [4.69, 9.17) is 16.3 Å². The van der Waals surface area contributed by atoms with Crippen molar-refractivity contribution >= 4 is 23.7 Å². The van der Waals surface area contributed by atoms with E-state index in [-0.39, 0.29) is 27.9 Å². The van der Waals surface area contributed by atoms with E-state index in [0.29, 0.717) is 29.9 Å². The normalized spacial score (nSPS) is 13.1. The van der Waals surface area contributed by atoms with Crippen LogP contribution in [0.25, 0.3) is 5.82 Å². The van der Waals surface area contributed by atoms with Crippen molar-refractivity contribution in [3.05, 3.63) is 104 Å². The van der Waals surface area contributed by atoms with Crippen LogP contribution in [0.4, 0.5) is 14.5 Å². The first-order chi connectivity index (χ1) is 18.6. The maximum Gasteiger partial charge on any atom is 0.372 e. The zero-order valence-corrected chi connectivity index (χ0v) is 22.9. The number of amides is 1. The zero-order chi connectivity index (χ0) is 30.0. The van der Waals surface area contributed by atoms with Crippen LogP contribution in [0.1, 0.15) is 44.5 Å². The highest BCUT2D eigenvalue weighted by Crippen LogP contribution is 2.29.